The average molecular weight is 1180 g/mol. The molecule has 2 unspecified atom stereocenters. The zero-order valence-corrected chi connectivity index (χ0v) is 57.2. The SMILES string of the molecule is CCCCCC/C=C\C/C=C\CCCCCCCCCC(=O)OCCCCCCCCCCCCCCCCCCCCCCCCCCCCCC(=O)NC(CO)C(O)CCCCCCCCCCCCCCCCCCCCCCCC. The molecule has 0 spiro atoms. The van der Waals surface area contributed by atoms with Crippen LogP contribution in [0.15, 0.2) is 24.3 Å². The zero-order chi connectivity index (χ0) is 60.6. The molecular formula is C78H151NO5. The summed E-state index contributed by atoms with van der Waals surface area (Å²) >= 11 is 0. The predicted octanol–water partition coefficient (Wildman–Crippen LogP) is 25.3. The molecule has 0 aromatic rings. The van der Waals surface area contributed by atoms with Gasteiger partial charge in [-0.05, 0) is 57.8 Å². The molecule has 0 aliphatic rings. The number of nitrogens with one attached hydrogen (secondary N) is 1. The third-order valence-corrected chi connectivity index (χ3v) is 18.3. The molecule has 2 atom stereocenters. The minimum atomic E-state index is -0.664. The molecule has 0 fully saturated rings. The Balaban J connectivity index is 3.35. The largest absolute Gasteiger partial charge is 0.466 e. The number of hydrogen-bond donors (Lipinski definition) is 3. The first-order chi connectivity index (χ1) is 41.5. The Kier molecular flexibility index (Phi) is 72.3. The van der Waals surface area contributed by atoms with Gasteiger partial charge in [0, 0.05) is 12.8 Å². The standard InChI is InChI=1S/C78H151NO5/c1-3-5-7-9-11-13-15-17-19-21-23-24-32-35-38-42-46-50-54-58-62-66-70-76(81)75(74-80)79-77(82)71-67-63-59-55-51-47-43-39-36-33-30-28-26-25-27-29-31-34-37-41-45-49-53-57-61-65-69-73-84-78(83)72-68-64-60-56-52-48-44-40-22-20-18-16-14-12-10-8-6-4-2/h14,16,20,22,75-76,80-81H,3-13,15,17-19,21,23-74H2,1-2H3,(H,79,82)/b16-14-,22-20-. The number of aliphatic hydroxyl groups is 2. The molecule has 0 saturated carbocycles. The van der Waals surface area contributed by atoms with Crippen molar-refractivity contribution in [2.24, 2.45) is 0 Å². The Labute approximate surface area is 526 Å². The summed E-state index contributed by atoms with van der Waals surface area (Å²) in [5.74, 6) is -0.0152. The lowest BCUT2D eigenvalue weighted by Crippen LogP contribution is -2.45. The normalized spacial score (nSPS) is 12.6. The molecule has 84 heavy (non-hydrogen) atoms. The molecule has 0 aromatic heterocycles. The number of aliphatic hydroxyl groups excluding tert-OH is 2. The van der Waals surface area contributed by atoms with Gasteiger partial charge in [-0.15, -0.1) is 0 Å². The van der Waals surface area contributed by atoms with Crippen molar-refractivity contribution in [3.8, 4) is 0 Å². The van der Waals surface area contributed by atoms with E-state index < -0.39 is 12.1 Å². The van der Waals surface area contributed by atoms with Gasteiger partial charge in [-0.2, -0.15) is 0 Å². The highest BCUT2D eigenvalue weighted by Crippen LogP contribution is 2.20. The first-order valence-electron chi connectivity index (χ1n) is 38.6. The molecule has 0 rings (SSSR count). The molecular weight excluding hydrogens is 1030 g/mol. The van der Waals surface area contributed by atoms with Crippen LogP contribution in [0.4, 0.5) is 0 Å². The Morgan fingerprint density at radius 1 is 0.333 bits per heavy atom. The minimum Gasteiger partial charge on any atom is -0.466 e. The van der Waals surface area contributed by atoms with Gasteiger partial charge in [0.1, 0.15) is 0 Å². The van der Waals surface area contributed by atoms with E-state index in [1.807, 2.05) is 0 Å². The molecule has 6 nitrogen and oxygen atoms in total. The van der Waals surface area contributed by atoms with E-state index in [1.165, 1.54) is 353 Å². The molecule has 0 bridgehead atoms. The van der Waals surface area contributed by atoms with Crippen LogP contribution in [0.5, 0.6) is 0 Å². The van der Waals surface area contributed by atoms with Crippen molar-refractivity contribution in [1.29, 1.82) is 0 Å². The Morgan fingerprint density at radius 2 is 0.595 bits per heavy atom. The maximum atomic E-state index is 12.6. The molecule has 0 aliphatic heterocycles. The number of hydrogen-bond acceptors (Lipinski definition) is 5. The Bertz CT molecular complexity index is 1320. The maximum Gasteiger partial charge on any atom is 0.305 e. The number of esters is 1. The van der Waals surface area contributed by atoms with Crippen LogP contribution in [-0.4, -0.2) is 47.4 Å². The summed E-state index contributed by atoms with van der Waals surface area (Å²) in [6, 6.07) is -0.540. The summed E-state index contributed by atoms with van der Waals surface area (Å²) < 4.78 is 5.51. The highest BCUT2D eigenvalue weighted by Gasteiger charge is 2.20. The number of carbonyl (C=O) groups is 2. The second kappa shape index (κ2) is 73.8. The van der Waals surface area contributed by atoms with Crippen LogP contribution in [0.2, 0.25) is 0 Å². The number of carbonyl (C=O) groups excluding carboxylic acids is 2. The first kappa shape index (κ1) is 82.3. The van der Waals surface area contributed by atoms with Crippen LogP contribution in [0.25, 0.3) is 0 Å². The predicted molar refractivity (Wildman–Crippen MR) is 370 cm³/mol. The van der Waals surface area contributed by atoms with Crippen LogP contribution >= 0.6 is 0 Å². The fraction of sp³-hybridized carbons (Fsp3) is 0.923. The van der Waals surface area contributed by atoms with Crippen molar-refractivity contribution >= 4 is 11.9 Å². The van der Waals surface area contributed by atoms with Gasteiger partial charge in [-0.1, -0.05) is 391 Å². The monoisotopic (exact) mass is 1180 g/mol. The van der Waals surface area contributed by atoms with Gasteiger partial charge in [-0.25, -0.2) is 0 Å². The van der Waals surface area contributed by atoms with E-state index in [0.717, 1.165) is 51.4 Å². The highest BCUT2D eigenvalue weighted by molar-refractivity contribution is 5.76. The second-order valence-corrected chi connectivity index (χ2v) is 26.7. The summed E-state index contributed by atoms with van der Waals surface area (Å²) in [4.78, 5) is 24.7. The van der Waals surface area contributed by atoms with Crippen molar-refractivity contribution in [1.82, 2.24) is 5.32 Å². The smallest absolute Gasteiger partial charge is 0.305 e. The van der Waals surface area contributed by atoms with E-state index in [-0.39, 0.29) is 18.5 Å². The van der Waals surface area contributed by atoms with Gasteiger partial charge in [0.05, 0.1) is 25.4 Å². The molecule has 0 aromatic carbocycles. The van der Waals surface area contributed by atoms with Crippen LogP contribution in [0.1, 0.15) is 438 Å². The van der Waals surface area contributed by atoms with Gasteiger partial charge in [0.25, 0.3) is 0 Å². The number of allylic oxidation sites excluding steroid dienone is 4. The highest BCUT2D eigenvalue weighted by atomic mass is 16.5. The Hall–Kier alpha value is -1.66. The molecule has 1 amide bonds. The quantitative estimate of drug-likeness (QED) is 0.0320. The molecule has 0 saturated heterocycles. The third-order valence-electron chi connectivity index (χ3n) is 18.3. The lowest BCUT2D eigenvalue weighted by Gasteiger charge is -2.22. The van der Waals surface area contributed by atoms with E-state index in [2.05, 4.69) is 43.5 Å². The summed E-state index contributed by atoms with van der Waals surface area (Å²) in [5, 5.41) is 23.5. The minimum absolute atomic E-state index is 0.0119. The van der Waals surface area contributed by atoms with Crippen molar-refractivity contribution in [2.45, 2.75) is 450 Å². The van der Waals surface area contributed by atoms with Crippen LogP contribution in [0.3, 0.4) is 0 Å². The van der Waals surface area contributed by atoms with Gasteiger partial charge in [0.15, 0.2) is 0 Å². The van der Waals surface area contributed by atoms with Crippen LogP contribution in [0, 0.1) is 0 Å². The van der Waals surface area contributed by atoms with Crippen molar-refractivity contribution in [3.05, 3.63) is 24.3 Å². The topological polar surface area (TPSA) is 95.9 Å². The van der Waals surface area contributed by atoms with Crippen LogP contribution < -0.4 is 5.32 Å². The van der Waals surface area contributed by atoms with Crippen molar-refractivity contribution in [3.63, 3.8) is 0 Å². The van der Waals surface area contributed by atoms with E-state index in [9.17, 15) is 19.8 Å². The van der Waals surface area contributed by atoms with E-state index in [1.54, 1.807) is 0 Å². The number of ether oxygens (including phenoxy) is 1. The summed E-state index contributed by atoms with van der Waals surface area (Å²) in [5.41, 5.74) is 0. The number of rotatable bonds is 73. The molecule has 6 heteroatoms. The van der Waals surface area contributed by atoms with Gasteiger partial charge in [-0.3, -0.25) is 9.59 Å². The fourth-order valence-electron chi connectivity index (χ4n) is 12.4. The molecule has 0 heterocycles. The lowest BCUT2D eigenvalue weighted by atomic mass is 10.0. The van der Waals surface area contributed by atoms with E-state index in [0.29, 0.717) is 25.9 Å². The number of unbranched alkanes of at least 4 members (excludes halogenated alkanes) is 58. The molecule has 3 N–H and O–H groups in total. The fourth-order valence-corrected chi connectivity index (χ4v) is 12.4. The molecule has 0 radical (unpaired) electrons. The first-order valence-corrected chi connectivity index (χ1v) is 38.6. The van der Waals surface area contributed by atoms with Gasteiger partial charge >= 0.3 is 5.97 Å². The van der Waals surface area contributed by atoms with Gasteiger partial charge in [0.2, 0.25) is 5.91 Å². The van der Waals surface area contributed by atoms with Crippen LogP contribution in [-0.2, 0) is 14.3 Å². The van der Waals surface area contributed by atoms with E-state index >= 15 is 0 Å². The molecule has 498 valence electrons. The van der Waals surface area contributed by atoms with E-state index in [4.69, 9.17) is 4.74 Å². The van der Waals surface area contributed by atoms with Gasteiger partial charge < -0.3 is 20.3 Å². The Morgan fingerprint density at radius 3 is 0.917 bits per heavy atom. The summed E-state index contributed by atoms with van der Waals surface area (Å²) in [7, 11) is 0. The van der Waals surface area contributed by atoms with Crippen molar-refractivity contribution < 1.29 is 24.5 Å². The number of amides is 1. The third kappa shape index (κ3) is 69.4. The summed E-state index contributed by atoms with van der Waals surface area (Å²) in [6.45, 7) is 4.98. The zero-order valence-electron chi connectivity index (χ0n) is 57.2. The second-order valence-electron chi connectivity index (χ2n) is 26.7. The maximum absolute atomic E-state index is 12.6. The van der Waals surface area contributed by atoms with Crippen molar-refractivity contribution in [2.75, 3.05) is 13.2 Å². The summed E-state index contributed by atoms with van der Waals surface area (Å²) in [6.07, 6.45) is 93.9. The molecule has 0 aliphatic carbocycles. The average Bonchev–Trinajstić information content (AvgIpc) is 3.51. The lowest BCUT2D eigenvalue weighted by molar-refractivity contribution is -0.143.